The van der Waals surface area contributed by atoms with E-state index in [2.05, 4.69) is 30.7 Å². The lowest BCUT2D eigenvalue weighted by atomic mass is 9.68. The molecule has 2 saturated carbocycles. The molecule has 1 heterocycles. The number of nitrogens with one attached hydrogen (secondary N) is 1. The predicted molar refractivity (Wildman–Crippen MR) is 75.6 cm³/mol. The molecular weight excluding hydrogens is 236 g/mol. The van der Waals surface area contributed by atoms with Crippen LogP contribution < -0.4 is 5.32 Å². The minimum absolute atomic E-state index is 0.0878. The van der Waals surface area contributed by atoms with Crippen molar-refractivity contribution in [1.82, 2.24) is 4.98 Å². The smallest absolute Gasteiger partial charge is 0.234 e. The van der Waals surface area contributed by atoms with Crippen LogP contribution in [0.15, 0.2) is 36.7 Å². The highest BCUT2D eigenvalue weighted by molar-refractivity contribution is 5.98. The largest absolute Gasteiger partial charge is 0.324 e. The highest BCUT2D eigenvalue weighted by Crippen LogP contribution is 2.65. The van der Waals surface area contributed by atoms with Gasteiger partial charge >= 0.3 is 0 Å². The molecule has 0 radical (unpaired) electrons. The van der Waals surface area contributed by atoms with Crippen LogP contribution in [-0.4, -0.2) is 10.9 Å². The Hall–Kier alpha value is -1.64. The molecule has 2 atom stereocenters. The van der Waals surface area contributed by atoms with E-state index in [1.54, 1.807) is 12.4 Å². The third-order valence-corrected chi connectivity index (χ3v) is 5.24. The number of aromatic nitrogens is 1. The number of rotatable bonds is 2. The fraction of sp³-hybridized carbons (Fsp3) is 0.500. The highest BCUT2D eigenvalue weighted by atomic mass is 16.2. The van der Waals surface area contributed by atoms with Crippen molar-refractivity contribution in [1.29, 1.82) is 0 Å². The van der Waals surface area contributed by atoms with Gasteiger partial charge in [-0.15, -0.1) is 0 Å². The number of hydrogen-bond acceptors (Lipinski definition) is 2. The summed E-state index contributed by atoms with van der Waals surface area (Å²) in [4.78, 5) is 16.7. The van der Waals surface area contributed by atoms with Gasteiger partial charge in [0.2, 0.25) is 5.91 Å². The molecule has 2 bridgehead atoms. The van der Waals surface area contributed by atoms with E-state index < -0.39 is 0 Å². The van der Waals surface area contributed by atoms with Crippen LogP contribution in [0, 0.1) is 16.7 Å². The molecule has 2 aliphatic carbocycles. The van der Waals surface area contributed by atoms with Gasteiger partial charge in [-0.25, -0.2) is 0 Å². The summed E-state index contributed by atoms with van der Waals surface area (Å²) in [5, 5.41) is 3.01. The van der Waals surface area contributed by atoms with E-state index in [-0.39, 0.29) is 16.7 Å². The predicted octanol–water partition coefficient (Wildman–Crippen LogP) is 3.40. The van der Waals surface area contributed by atoms with E-state index in [1.165, 1.54) is 0 Å². The van der Waals surface area contributed by atoms with Crippen molar-refractivity contribution < 1.29 is 4.79 Å². The zero-order chi connectivity index (χ0) is 13.7. The Labute approximate surface area is 114 Å². The second-order valence-electron chi connectivity index (χ2n) is 6.42. The first-order chi connectivity index (χ1) is 8.97. The van der Waals surface area contributed by atoms with E-state index in [4.69, 9.17) is 0 Å². The van der Waals surface area contributed by atoms with Crippen LogP contribution in [0.3, 0.4) is 0 Å². The van der Waals surface area contributed by atoms with Gasteiger partial charge in [0.1, 0.15) is 0 Å². The molecule has 0 aromatic carbocycles. The maximum absolute atomic E-state index is 12.7. The Morgan fingerprint density at radius 3 is 2.89 bits per heavy atom. The summed E-state index contributed by atoms with van der Waals surface area (Å²) >= 11 is 0. The minimum atomic E-state index is -0.357. The zero-order valence-electron chi connectivity index (χ0n) is 11.6. The summed E-state index contributed by atoms with van der Waals surface area (Å²) in [6, 6.07) is 3.70. The molecule has 3 heteroatoms. The number of fused-ring (bicyclic) bond motifs is 2. The van der Waals surface area contributed by atoms with Crippen molar-refractivity contribution in [3.8, 4) is 0 Å². The fourth-order valence-electron chi connectivity index (χ4n) is 3.83. The lowest BCUT2D eigenvalue weighted by Gasteiger charge is -2.37. The third-order valence-electron chi connectivity index (χ3n) is 5.24. The molecule has 3 nitrogen and oxygen atoms in total. The summed E-state index contributed by atoms with van der Waals surface area (Å²) in [5.74, 6) is 0.693. The molecule has 1 N–H and O–H groups in total. The first-order valence-corrected chi connectivity index (χ1v) is 6.88. The summed E-state index contributed by atoms with van der Waals surface area (Å²) in [6.45, 7) is 8.69. The third kappa shape index (κ3) is 1.64. The van der Waals surface area contributed by atoms with Crippen molar-refractivity contribution in [2.24, 2.45) is 16.7 Å². The van der Waals surface area contributed by atoms with Gasteiger partial charge in [0.25, 0.3) is 0 Å². The second kappa shape index (κ2) is 3.92. The van der Waals surface area contributed by atoms with E-state index in [9.17, 15) is 4.79 Å². The molecule has 100 valence electrons. The average Bonchev–Trinajstić information content (AvgIpc) is 2.91. The summed E-state index contributed by atoms with van der Waals surface area (Å²) < 4.78 is 0. The minimum Gasteiger partial charge on any atom is -0.324 e. The Balaban J connectivity index is 1.86. The van der Waals surface area contributed by atoms with Crippen LogP contribution in [-0.2, 0) is 4.79 Å². The van der Waals surface area contributed by atoms with Gasteiger partial charge in [-0.1, -0.05) is 26.0 Å². The van der Waals surface area contributed by atoms with Crippen LogP contribution in [0.2, 0.25) is 0 Å². The fourth-order valence-corrected chi connectivity index (χ4v) is 3.83. The van der Waals surface area contributed by atoms with Crippen LogP contribution in [0.5, 0.6) is 0 Å². The average molecular weight is 256 g/mol. The maximum Gasteiger partial charge on any atom is 0.234 e. The molecule has 19 heavy (non-hydrogen) atoms. The zero-order valence-corrected chi connectivity index (χ0v) is 11.6. The second-order valence-corrected chi connectivity index (χ2v) is 6.42. The first-order valence-electron chi connectivity index (χ1n) is 6.88. The normalized spacial score (nSPS) is 31.5. The molecule has 1 aromatic heterocycles. The van der Waals surface area contributed by atoms with E-state index in [1.807, 2.05) is 12.1 Å². The summed E-state index contributed by atoms with van der Waals surface area (Å²) in [7, 11) is 0. The van der Waals surface area contributed by atoms with Gasteiger partial charge in [-0.2, -0.15) is 0 Å². The lowest BCUT2D eigenvalue weighted by Crippen LogP contribution is -2.37. The number of hydrogen-bond donors (Lipinski definition) is 1. The monoisotopic (exact) mass is 256 g/mol. The Morgan fingerprint density at radius 2 is 2.32 bits per heavy atom. The molecule has 3 rings (SSSR count). The van der Waals surface area contributed by atoms with Gasteiger partial charge in [0.05, 0.1) is 17.3 Å². The molecule has 0 unspecified atom stereocenters. The Morgan fingerprint density at radius 1 is 1.53 bits per heavy atom. The number of carbonyl (C=O) groups excluding carboxylic acids is 1. The van der Waals surface area contributed by atoms with Gasteiger partial charge in [-0.05, 0) is 42.7 Å². The van der Waals surface area contributed by atoms with Gasteiger partial charge in [0, 0.05) is 6.20 Å². The molecule has 2 fully saturated rings. The van der Waals surface area contributed by atoms with Crippen molar-refractivity contribution in [3.05, 3.63) is 36.7 Å². The van der Waals surface area contributed by atoms with Gasteiger partial charge in [0.15, 0.2) is 0 Å². The van der Waals surface area contributed by atoms with Crippen LogP contribution in [0.4, 0.5) is 5.69 Å². The van der Waals surface area contributed by atoms with Crippen molar-refractivity contribution in [2.75, 3.05) is 5.32 Å². The summed E-state index contributed by atoms with van der Waals surface area (Å²) in [5.41, 5.74) is 1.61. The van der Waals surface area contributed by atoms with Crippen LogP contribution >= 0.6 is 0 Å². The highest BCUT2D eigenvalue weighted by Gasteiger charge is 2.60. The number of pyridine rings is 1. The van der Waals surface area contributed by atoms with Crippen LogP contribution in [0.1, 0.15) is 33.1 Å². The standard InChI is InChI=1S/C16H20N2O/c1-11-15(2,3)12-6-7-16(11,9-12)14(19)18-13-5-4-8-17-10-13/h4-5,8,10,12H,1,6-7,9H2,2-3H3,(H,18,19)/t12-,16+/m1/s1. The molecule has 2 aliphatic rings. The van der Waals surface area contributed by atoms with Crippen molar-refractivity contribution in [2.45, 2.75) is 33.1 Å². The van der Waals surface area contributed by atoms with Crippen molar-refractivity contribution >= 4 is 11.6 Å². The van der Waals surface area contributed by atoms with E-state index in [0.717, 1.165) is 30.5 Å². The quantitative estimate of drug-likeness (QED) is 0.824. The Kier molecular flexibility index (Phi) is 2.56. The summed E-state index contributed by atoms with van der Waals surface area (Å²) in [6.07, 6.45) is 6.41. The number of nitrogens with zero attached hydrogens (tertiary/aromatic N) is 1. The van der Waals surface area contributed by atoms with E-state index >= 15 is 0 Å². The van der Waals surface area contributed by atoms with Gasteiger partial charge in [-0.3, -0.25) is 9.78 Å². The molecule has 1 amide bonds. The maximum atomic E-state index is 12.7. The Bertz CT molecular complexity index is 535. The molecule has 0 saturated heterocycles. The first kappa shape index (κ1) is 12.4. The molecular formula is C16H20N2O. The number of anilines is 1. The molecule has 1 aromatic rings. The molecule has 0 spiro atoms. The number of amides is 1. The van der Waals surface area contributed by atoms with Gasteiger partial charge < -0.3 is 5.32 Å². The number of carbonyl (C=O) groups is 1. The topological polar surface area (TPSA) is 42.0 Å². The van der Waals surface area contributed by atoms with Crippen molar-refractivity contribution in [3.63, 3.8) is 0 Å². The van der Waals surface area contributed by atoms with Crippen LogP contribution in [0.25, 0.3) is 0 Å². The SMILES string of the molecule is C=C1C(C)(C)[C@@H]2CC[C@]1(C(=O)Nc1cccnc1)C2. The van der Waals surface area contributed by atoms with E-state index in [0.29, 0.717) is 5.92 Å². The molecule has 0 aliphatic heterocycles. The lowest BCUT2D eigenvalue weighted by molar-refractivity contribution is -0.123.